The van der Waals surface area contributed by atoms with Crippen molar-refractivity contribution < 1.29 is 4.79 Å². The van der Waals surface area contributed by atoms with Crippen molar-refractivity contribution in [2.45, 2.75) is 13.0 Å². The summed E-state index contributed by atoms with van der Waals surface area (Å²) < 4.78 is 0. The average molecular weight is 290 g/mol. The van der Waals surface area contributed by atoms with E-state index in [0.29, 0.717) is 16.3 Å². The highest BCUT2D eigenvalue weighted by atomic mass is 35.5. The predicted octanol–water partition coefficient (Wildman–Crippen LogP) is 3.19. The van der Waals surface area contributed by atoms with Crippen LogP contribution in [0.5, 0.6) is 0 Å². The topological polar surface area (TPSA) is 81.1 Å². The van der Waals surface area contributed by atoms with Gasteiger partial charge in [-0.15, -0.1) is 0 Å². The fourth-order valence-electron chi connectivity index (χ4n) is 1.92. The fraction of sp³-hybridized carbons (Fsp3) is 0.133. The van der Waals surface area contributed by atoms with Gasteiger partial charge in [-0.2, -0.15) is 0 Å². The van der Waals surface area contributed by atoms with Gasteiger partial charge in [-0.3, -0.25) is 4.79 Å². The van der Waals surface area contributed by atoms with Gasteiger partial charge in [0.1, 0.15) is 0 Å². The van der Waals surface area contributed by atoms with Gasteiger partial charge in [0.05, 0.1) is 11.4 Å². The van der Waals surface area contributed by atoms with Crippen molar-refractivity contribution in [3.05, 3.63) is 58.6 Å². The van der Waals surface area contributed by atoms with Gasteiger partial charge in [-0.1, -0.05) is 23.7 Å². The Morgan fingerprint density at radius 1 is 1.20 bits per heavy atom. The van der Waals surface area contributed by atoms with Crippen molar-refractivity contribution in [2.24, 2.45) is 5.73 Å². The van der Waals surface area contributed by atoms with E-state index in [4.69, 9.17) is 23.1 Å². The van der Waals surface area contributed by atoms with E-state index in [1.54, 1.807) is 18.2 Å². The van der Waals surface area contributed by atoms with Gasteiger partial charge >= 0.3 is 0 Å². The molecule has 0 saturated carbocycles. The summed E-state index contributed by atoms with van der Waals surface area (Å²) in [5.74, 6) is -0.492. The number of nitrogens with two attached hydrogens (primary N) is 2. The van der Waals surface area contributed by atoms with Crippen LogP contribution in [0, 0.1) is 0 Å². The Morgan fingerprint density at radius 3 is 2.40 bits per heavy atom. The number of amides is 1. The highest BCUT2D eigenvalue weighted by Gasteiger charge is 2.09. The molecule has 0 aliphatic carbocycles. The molecule has 2 aromatic rings. The molecule has 0 saturated heterocycles. The molecule has 104 valence electrons. The van der Waals surface area contributed by atoms with Gasteiger partial charge in [-0.25, -0.2) is 0 Å². The number of nitrogen functional groups attached to an aromatic ring is 1. The zero-order chi connectivity index (χ0) is 14.7. The summed E-state index contributed by atoms with van der Waals surface area (Å²) in [5, 5.41) is 3.99. The molecule has 1 atom stereocenters. The lowest BCUT2D eigenvalue weighted by Gasteiger charge is -2.17. The van der Waals surface area contributed by atoms with E-state index in [1.165, 1.54) is 0 Å². The van der Waals surface area contributed by atoms with E-state index in [9.17, 15) is 4.79 Å². The summed E-state index contributed by atoms with van der Waals surface area (Å²) in [4.78, 5) is 11.1. The molecule has 0 aliphatic heterocycles. The van der Waals surface area contributed by atoms with Crippen molar-refractivity contribution in [1.29, 1.82) is 0 Å². The Labute approximate surface area is 122 Å². The van der Waals surface area contributed by atoms with Crippen molar-refractivity contribution >= 4 is 28.9 Å². The number of carbonyl (C=O) groups excluding carboxylic acids is 1. The van der Waals surface area contributed by atoms with Crippen LogP contribution in [0.1, 0.15) is 28.9 Å². The summed E-state index contributed by atoms with van der Waals surface area (Å²) >= 11 is 5.86. The Bertz CT molecular complexity index is 626. The molecule has 0 aliphatic rings. The number of rotatable bonds is 4. The van der Waals surface area contributed by atoms with Gasteiger partial charge in [0.25, 0.3) is 0 Å². The molecular weight excluding hydrogens is 274 g/mol. The van der Waals surface area contributed by atoms with Crippen LogP contribution in [-0.2, 0) is 0 Å². The summed E-state index contributed by atoms with van der Waals surface area (Å²) in [7, 11) is 0. The zero-order valence-corrected chi connectivity index (χ0v) is 11.8. The van der Waals surface area contributed by atoms with Crippen LogP contribution in [0.25, 0.3) is 0 Å². The van der Waals surface area contributed by atoms with Crippen LogP contribution in [-0.4, -0.2) is 5.91 Å². The third kappa shape index (κ3) is 3.22. The number of hydrogen-bond donors (Lipinski definition) is 3. The van der Waals surface area contributed by atoms with Crippen LogP contribution in [0.3, 0.4) is 0 Å². The van der Waals surface area contributed by atoms with Gasteiger partial charge < -0.3 is 16.8 Å². The van der Waals surface area contributed by atoms with Gasteiger partial charge in [-0.05, 0) is 42.8 Å². The lowest BCUT2D eigenvalue weighted by atomic mass is 10.1. The highest BCUT2D eigenvalue weighted by Crippen LogP contribution is 2.25. The van der Waals surface area contributed by atoms with E-state index in [-0.39, 0.29) is 6.04 Å². The predicted molar refractivity (Wildman–Crippen MR) is 82.9 cm³/mol. The highest BCUT2D eigenvalue weighted by molar-refractivity contribution is 6.30. The molecule has 1 unspecified atom stereocenters. The second kappa shape index (κ2) is 5.84. The Kier molecular flexibility index (Phi) is 4.15. The minimum atomic E-state index is -0.492. The summed E-state index contributed by atoms with van der Waals surface area (Å²) in [6.07, 6.45) is 0. The first kappa shape index (κ1) is 14.2. The van der Waals surface area contributed by atoms with Crippen molar-refractivity contribution in [2.75, 3.05) is 11.1 Å². The van der Waals surface area contributed by atoms with Crippen molar-refractivity contribution in [1.82, 2.24) is 0 Å². The molecule has 0 heterocycles. The standard InChI is InChI=1S/C15H16ClN3O/c1-9(10-2-5-12(16)6-3-10)19-14-7-4-11(15(18)20)8-13(14)17/h2-9,19H,17H2,1H3,(H2,18,20). The molecule has 4 nitrogen and oxygen atoms in total. The minimum absolute atomic E-state index is 0.0639. The monoisotopic (exact) mass is 289 g/mol. The van der Waals surface area contributed by atoms with E-state index in [2.05, 4.69) is 5.32 Å². The van der Waals surface area contributed by atoms with Crippen LogP contribution in [0.4, 0.5) is 11.4 Å². The number of carbonyl (C=O) groups is 1. The SMILES string of the molecule is CC(Nc1ccc(C(N)=O)cc1N)c1ccc(Cl)cc1. The van der Waals surface area contributed by atoms with E-state index >= 15 is 0 Å². The maximum absolute atomic E-state index is 11.1. The number of nitrogens with one attached hydrogen (secondary N) is 1. The normalized spacial score (nSPS) is 11.9. The van der Waals surface area contributed by atoms with E-state index in [0.717, 1.165) is 11.3 Å². The lowest BCUT2D eigenvalue weighted by molar-refractivity contribution is 0.100. The third-order valence-electron chi connectivity index (χ3n) is 3.08. The quantitative estimate of drug-likeness (QED) is 0.756. The fourth-order valence-corrected chi connectivity index (χ4v) is 2.04. The summed E-state index contributed by atoms with van der Waals surface area (Å²) in [5.41, 5.74) is 13.9. The second-order valence-electron chi connectivity index (χ2n) is 4.58. The first-order valence-corrected chi connectivity index (χ1v) is 6.56. The molecule has 0 aromatic heterocycles. The van der Waals surface area contributed by atoms with Crippen LogP contribution in [0.2, 0.25) is 5.02 Å². The number of hydrogen-bond acceptors (Lipinski definition) is 3. The molecule has 5 N–H and O–H groups in total. The maximum atomic E-state index is 11.1. The van der Waals surface area contributed by atoms with Crippen LogP contribution >= 0.6 is 11.6 Å². The Morgan fingerprint density at radius 2 is 1.85 bits per heavy atom. The largest absolute Gasteiger partial charge is 0.397 e. The molecule has 0 radical (unpaired) electrons. The van der Waals surface area contributed by atoms with Gasteiger partial charge in [0.2, 0.25) is 5.91 Å². The first-order valence-electron chi connectivity index (χ1n) is 6.18. The molecule has 0 fully saturated rings. The van der Waals surface area contributed by atoms with E-state index < -0.39 is 5.91 Å². The number of halogens is 1. The molecule has 1 amide bonds. The molecule has 2 aromatic carbocycles. The third-order valence-corrected chi connectivity index (χ3v) is 3.33. The van der Waals surface area contributed by atoms with Gasteiger partial charge in [0, 0.05) is 16.6 Å². The zero-order valence-electron chi connectivity index (χ0n) is 11.1. The smallest absolute Gasteiger partial charge is 0.248 e. The Hall–Kier alpha value is -2.20. The average Bonchev–Trinajstić information content (AvgIpc) is 2.41. The molecular formula is C15H16ClN3O. The minimum Gasteiger partial charge on any atom is -0.397 e. The first-order chi connectivity index (χ1) is 9.47. The number of benzene rings is 2. The molecule has 2 rings (SSSR count). The van der Waals surface area contributed by atoms with Crippen LogP contribution in [0.15, 0.2) is 42.5 Å². The summed E-state index contributed by atoms with van der Waals surface area (Å²) in [6.45, 7) is 2.02. The molecule has 0 spiro atoms. The van der Waals surface area contributed by atoms with Gasteiger partial charge in [0.15, 0.2) is 0 Å². The second-order valence-corrected chi connectivity index (χ2v) is 5.02. The Balaban J connectivity index is 2.17. The number of anilines is 2. The van der Waals surface area contributed by atoms with Crippen molar-refractivity contribution in [3.8, 4) is 0 Å². The van der Waals surface area contributed by atoms with Crippen molar-refractivity contribution in [3.63, 3.8) is 0 Å². The molecule has 5 heteroatoms. The maximum Gasteiger partial charge on any atom is 0.248 e. The van der Waals surface area contributed by atoms with Crippen LogP contribution < -0.4 is 16.8 Å². The molecule has 0 bridgehead atoms. The molecule has 20 heavy (non-hydrogen) atoms. The number of primary amides is 1. The van der Waals surface area contributed by atoms with E-state index in [1.807, 2.05) is 31.2 Å². The summed E-state index contributed by atoms with van der Waals surface area (Å²) in [6, 6.07) is 12.6. The lowest BCUT2D eigenvalue weighted by Crippen LogP contribution is -2.13.